The molecule has 0 aliphatic carbocycles. The van der Waals surface area contributed by atoms with E-state index in [-0.39, 0.29) is 21.1 Å². The normalized spacial score (nSPS) is 14.5. The first-order chi connectivity index (χ1) is 15.8. The molecular weight excluding hydrogens is 465 g/mol. The van der Waals surface area contributed by atoms with Gasteiger partial charge in [-0.1, -0.05) is 36.4 Å². The summed E-state index contributed by atoms with van der Waals surface area (Å²) in [5.41, 5.74) is 0.410. The van der Waals surface area contributed by atoms with E-state index in [2.05, 4.69) is 15.0 Å². The fourth-order valence-corrected chi connectivity index (χ4v) is 6.44. The van der Waals surface area contributed by atoms with Gasteiger partial charge in [0.1, 0.15) is 17.8 Å². The van der Waals surface area contributed by atoms with Gasteiger partial charge in [-0.3, -0.25) is 0 Å². The van der Waals surface area contributed by atoms with Crippen LogP contribution in [-0.4, -0.2) is 32.5 Å². The van der Waals surface area contributed by atoms with Crippen LogP contribution in [0.1, 0.15) is 11.1 Å². The molecule has 10 heteroatoms. The molecule has 0 saturated carbocycles. The molecule has 5 rings (SSSR count). The summed E-state index contributed by atoms with van der Waals surface area (Å²) >= 11 is 0. The Morgan fingerprint density at radius 1 is 0.788 bits per heavy atom. The highest BCUT2D eigenvalue weighted by atomic mass is 32.2. The van der Waals surface area contributed by atoms with Gasteiger partial charge in [0.2, 0.25) is 19.7 Å². The maximum absolute atomic E-state index is 13.6. The van der Waals surface area contributed by atoms with Crippen molar-refractivity contribution in [1.82, 2.24) is 9.97 Å². The van der Waals surface area contributed by atoms with Crippen LogP contribution in [0.2, 0.25) is 0 Å². The first-order valence-corrected chi connectivity index (χ1v) is 12.6. The van der Waals surface area contributed by atoms with E-state index >= 15 is 0 Å². The average Bonchev–Trinajstić information content (AvgIpc) is 2.93. The summed E-state index contributed by atoms with van der Waals surface area (Å²) < 4.78 is 67.4. The van der Waals surface area contributed by atoms with Crippen molar-refractivity contribution in [1.29, 1.82) is 0 Å². The summed E-state index contributed by atoms with van der Waals surface area (Å²) in [4.78, 5) is 12.2. The van der Waals surface area contributed by atoms with E-state index in [1.807, 2.05) is 0 Å². The van der Waals surface area contributed by atoms with Crippen LogP contribution in [0, 0.1) is 5.82 Å². The molecule has 0 atom stereocenters. The van der Waals surface area contributed by atoms with Crippen LogP contribution in [0.5, 0.6) is 0 Å². The fraction of sp³-hybridized carbons (Fsp3) is 0. The third kappa shape index (κ3) is 3.43. The molecule has 1 aromatic heterocycles. The Balaban J connectivity index is 1.89. The molecule has 0 N–H and O–H groups in total. The standard InChI is InChI=1S/C23H14FN3O4S2/c24-16-12-10-15(11-13-16)20-18-8-4-5-9-19(18)33(30,31)23-21(27-20)22(25-14-26-23)32(28,29)17-6-2-1-3-7-17/h1-14H. The third-order valence-corrected chi connectivity index (χ3v) is 8.53. The molecular formula is C23H14FN3O4S2. The predicted molar refractivity (Wildman–Crippen MR) is 118 cm³/mol. The van der Waals surface area contributed by atoms with Crippen LogP contribution < -0.4 is 0 Å². The molecule has 0 fully saturated rings. The Bertz CT molecular complexity index is 1640. The van der Waals surface area contributed by atoms with Crippen molar-refractivity contribution in [2.75, 3.05) is 0 Å². The quantitative estimate of drug-likeness (QED) is 0.365. The lowest BCUT2D eigenvalue weighted by molar-refractivity contribution is 0.587. The van der Waals surface area contributed by atoms with Crippen LogP contribution >= 0.6 is 0 Å². The van der Waals surface area contributed by atoms with Gasteiger partial charge in [-0.25, -0.2) is 36.2 Å². The second kappa shape index (κ2) is 7.68. The van der Waals surface area contributed by atoms with Gasteiger partial charge in [-0.15, -0.1) is 0 Å². The lowest BCUT2D eigenvalue weighted by Crippen LogP contribution is -2.11. The first-order valence-electron chi connectivity index (χ1n) is 9.64. The highest BCUT2D eigenvalue weighted by Gasteiger charge is 2.36. The zero-order valence-electron chi connectivity index (χ0n) is 16.8. The number of aliphatic imine (C=N–C) groups is 1. The second-order valence-electron chi connectivity index (χ2n) is 7.12. The van der Waals surface area contributed by atoms with Gasteiger partial charge in [0.05, 0.1) is 15.5 Å². The molecule has 33 heavy (non-hydrogen) atoms. The number of halogens is 1. The summed E-state index contributed by atoms with van der Waals surface area (Å²) in [5.74, 6) is -0.482. The van der Waals surface area contributed by atoms with Crippen LogP contribution in [0.4, 0.5) is 10.1 Å². The summed E-state index contributed by atoms with van der Waals surface area (Å²) in [6.45, 7) is 0. The van der Waals surface area contributed by atoms with Gasteiger partial charge in [0.25, 0.3) is 0 Å². The smallest absolute Gasteiger partial charge is 0.226 e. The van der Waals surface area contributed by atoms with Crippen LogP contribution in [-0.2, 0) is 19.7 Å². The van der Waals surface area contributed by atoms with Crippen molar-refractivity contribution in [3.8, 4) is 0 Å². The number of sulfone groups is 2. The lowest BCUT2D eigenvalue weighted by Gasteiger charge is -2.09. The molecule has 1 aliphatic rings. The van der Waals surface area contributed by atoms with Crippen molar-refractivity contribution in [2.45, 2.75) is 19.8 Å². The van der Waals surface area contributed by atoms with E-state index < -0.39 is 41.2 Å². The molecule has 3 aromatic carbocycles. The minimum atomic E-state index is -4.26. The molecule has 2 heterocycles. The van der Waals surface area contributed by atoms with Gasteiger partial charge >= 0.3 is 0 Å². The molecule has 0 bridgehead atoms. The Hall–Kier alpha value is -3.76. The van der Waals surface area contributed by atoms with Crippen molar-refractivity contribution in [3.63, 3.8) is 0 Å². The third-order valence-electron chi connectivity index (χ3n) is 5.09. The Kier molecular flexibility index (Phi) is 4.91. The molecule has 7 nitrogen and oxygen atoms in total. The molecule has 164 valence electrons. The fourth-order valence-electron chi connectivity index (χ4n) is 3.55. The number of hydrogen-bond acceptors (Lipinski definition) is 7. The molecule has 0 radical (unpaired) electrons. The number of aromatic nitrogens is 2. The van der Waals surface area contributed by atoms with Crippen molar-refractivity contribution >= 4 is 31.1 Å². The summed E-state index contributed by atoms with van der Waals surface area (Å²) in [6, 6.07) is 19.0. The maximum Gasteiger partial charge on any atom is 0.226 e. The average molecular weight is 480 g/mol. The molecule has 0 unspecified atom stereocenters. The van der Waals surface area contributed by atoms with Crippen molar-refractivity contribution in [2.24, 2.45) is 4.99 Å². The molecule has 0 amide bonds. The zero-order valence-corrected chi connectivity index (χ0v) is 18.4. The van der Waals surface area contributed by atoms with Crippen molar-refractivity contribution < 1.29 is 21.2 Å². The lowest BCUT2D eigenvalue weighted by atomic mass is 10.0. The van der Waals surface area contributed by atoms with Gasteiger partial charge < -0.3 is 0 Å². The van der Waals surface area contributed by atoms with Gasteiger partial charge in [-0.2, -0.15) is 0 Å². The van der Waals surface area contributed by atoms with Crippen LogP contribution in [0.15, 0.2) is 110 Å². The number of fused-ring (bicyclic) bond motifs is 2. The van der Waals surface area contributed by atoms with E-state index in [9.17, 15) is 21.2 Å². The van der Waals surface area contributed by atoms with Gasteiger partial charge in [0.15, 0.2) is 10.1 Å². The minimum Gasteiger partial charge on any atom is -0.242 e. The van der Waals surface area contributed by atoms with Gasteiger partial charge in [0, 0.05) is 11.1 Å². The van der Waals surface area contributed by atoms with Crippen molar-refractivity contribution in [3.05, 3.63) is 102 Å². The summed E-state index contributed by atoms with van der Waals surface area (Å²) in [6.07, 6.45) is 0.896. The largest absolute Gasteiger partial charge is 0.242 e. The topological polar surface area (TPSA) is 106 Å². The number of hydrogen-bond donors (Lipinski definition) is 0. The number of benzene rings is 3. The Labute approximate surface area is 189 Å². The first kappa shape index (κ1) is 21.1. The highest BCUT2D eigenvalue weighted by molar-refractivity contribution is 7.92. The summed E-state index contributed by atoms with van der Waals surface area (Å²) in [5, 5.41) is -1.05. The second-order valence-corrected chi connectivity index (χ2v) is 10.8. The molecule has 1 aliphatic heterocycles. The maximum atomic E-state index is 13.6. The zero-order chi connectivity index (χ0) is 23.2. The summed E-state index contributed by atoms with van der Waals surface area (Å²) in [7, 11) is -8.49. The number of rotatable bonds is 3. The van der Waals surface area contributed by atoms with Gasteiger partial charge in [-0.05, 0) is 42.5 Å². The van der Waals surface area contributed by atoms with E-state index in [4.69, 9.17) is 0 Å². The molecule has 0 spiro atoms. The van der Waals surface area contributed by atoms with E-state index in [0.717, 1.165) is 6.33 Å². The van der Waals surface area contributed by atoms with Crippen LogP contribution in [0.3, 0.4) is 0 Å². The predicted octanol–water partition coefficient (Wildman–Crippen LogP) is 3.76. The molecule has 0 saturated heterocycles. The van der Waals surface area contributed by atoms with Crippen LogP contribution in [0.25, 0.3) is 0 Å². The van der Waals surface area contributed by atoms with E-state index in [1.54, 1.807) is 36.4 Å². The molecule has 4 aromatic rings. The van der Waals surface area contributed by atoms with E-state index in [0.29, 0.717) is 5.56 Å². The van der Waals surface area contributed by atoms with E-state index in [1.165, 1.54) is 42.5 Å². The number of nitrogens with zero attached hydrogens (tertiary/aromatic N) is 3. The SMILES string of the molecule is O=S(=O)(c1ccccc1)c1ncnc2c1N=C(c1ccc(F)cc1)c1ccccc1S2(=O)=O. The Morgan fingerprint density at radius 2 is 1.45 bits per heavy atom. The Morgan fingerprint density at radius 3 is 2.18 bits per heavy atom. The highest BCUT2D eigenvalue weighted by Crippen LogP contribution is 2.39. The minimum absolute atomic E-state index is 0.0661. The monoisotopic (exact) mass is 479 g/mol.